The monoisotopic (exact) mass is 180 g/mol. The lowest BCUT2D eigenvalue weighted by molar-refractivity contribution is -0.389. The maximum Gasteiger partial charge on any atom is 0.363 e. The minimum absolute atomic E-state index is 0.150. The van der Waals surface area contributed by atoms with Gasteiger partial charge in [-0.1, -0.05) is 0 Å². The molecule has 0 saturated heterocycles. The zero-order valence-electron chi connectivity index (χ0n) is 6.84. The van der Waals surface area contributed by atoms with Gasteiger partial charge >= 0.3 is 5.82 Å². The third-order valence-corrected chi connectivity index (χ3v) is 1.73. The molecule has 13 heavy (non-hydrogen) atoms. The van der Waals surface area contributed by atoms with Gasteiger partial charge in [0.25, 0.3) is 0 Å². The van der Waals surface area contributed by atoms with Crippen molar-refractivity contribution in [1.29, 1.82) is 0 Å². The van der Waals surface area contributed by atoms with E-state index in [1.165, 1.54) is 12.3 Å². The van der Waals surface area contributed by atoms with Crippen LogP contribution in [0.2, 0.25) is 0 Å². The van der Waals surface area contributed by atoms with Crippen molar-refractivity contribution in [3.8, 4) is 5.75 Å². The Morgan fingerprint density at radius 2 is 2.31 bits per heavy atom. The summed E-state index contributed by atoms with van der Waals surface area (Å²) in [4.78, 5) is 13.4. The Morgan fingerprint density at radius 3 is 2.77 bits per heavy atom. The van der Waals surface area contributed by atoms with Gasteiger partial charge in [0.2, 0.25) is 0 Å². The highest BCUT2D eigenvalue weighted by Gasteiger charge is 2.24. The van der Waals surface area contributed by atoms with Gasteiger partial charge in [0, 0.05) is 6.07 Å². The summed E-state index contributed by atoms with van der Waals surface area (Å²) >= 11 is 0. The molecular formula is C8H8N2O3. The normalized spacial score (nSPS) is 15.4. The molecule has 0 radical (unpaired) electrons. The maximum atomic E-state index is 10.2. The largest absolute Gasteiger partial charge is 0.486 e. The number of rotatable bonds is 3. The topological polar surface area (TPSA) is 65.3 Å². The van der Waals surface area contributed by atoms with Gasteiger partial charge in [0.05, 0.1) is 6.10 Å². The molecule has 0 bridgehead atoms. The number of pyridine rings is 1. The van der Waals surface area contributed by atoms with Crippen molar-refractivity contribution in [1.82, 2.24) is 4.98 Å². The lowest BCUT2D eigenvalue weighted by atomic mass is 10.4. The molecule has 5 heteroatoms. The Bertz CT molecular complexity index is 319. The molecule has 2 rings (SSSR count). The summed E-state index contributed by atoms with van der Waals surface area (Å²) in [6.07, 6.45) is 3.81. The van der Waals surface area contributed by atoms with Gasteiger partial charge in [-0.05, 0) is 28.8 Å². The predicted molar refractivity (Wildman–Crippen MR) is 44.5 cm³/mol. The van der Waals surface area contributed by atoms with Crippen molar-refractivity contribution in [2.24, 2.45) is 0 Å². The molecule has 68 valence electrons. The van der Waals surface area contributed by atoms with Crippen molar-refractivity contribution in [2.45, 2.75) is 18.9 Å². The predicted octanol–water partition coefficient (Wildman–Crippen LogP) is 1.53. The van der Waals surface area contributed by atoms with E-state index in [1.807, 2.05) is 0 Å². The van der Waals surface area contributed by atoms with Crippen molar-refractivity contribution in [3.63, 3.8) is 0 Å². The number of hydrogen-bond acceptors (Lipinski definition) is 4. The first-order valence-corrected chi connectivity index (χ1v) is 4.03. The van der Waals surface area contributed by atoms with Crippen molar-refractivity contribution in [3.05, 3.63) is 28.4 Å². The van der Waals surface area contributed by atoms with Crippen molar-refractivity contribution >= 4 is 5.82 Å². The summed E-state index contributed by atoms with van der Waals surface area (Å²) in [6.45, 7) is 0. The summed E-state index contributed by atoms with van der Waals surface area (Å²) < 4.78 is 5.37. The fourth-order valence-electron chi connectivity index (χ4n) is 0.929. The Morgan fingerprint density at radius 1 is 1.54 bits per heavy atom. The van der Waals surface area contributed by atoms with Gasteiger partial charge in [-0.3, -0.25) is 0 Å². The lowest BCUT2D eigenvalue weighted by Gasteiger charge is -2.00. The smallest absolute Gasteiger partial charge is 0.363 e. The molecule has 1 saturated carbocycles. The summed E-state index contributed by atoms with van der Waals surface area (Å²) in [7, 11) is 0. The van der Waals surface area contributed by atoms with Crippen molar-refractivity contribution in [2.75, 3.05) is 0 Å². The molecule has 0 aliphatic heterocycles. The minimum atomic E-state index is -0.527. The number of hydrogen-bond donors (Lipinski definition) is 0. The van der Waals surface area contributed by atoms with E-state index in [0.717, 1.165) is 12.8 Å². The number of nitro groups is 1. The Kier molecular flexibility index (Phi) is 1.84. The average Bonchev–Trinajstić information content (AvgIpc) is 2.89. The highest BCUT2D eigenvalue weighted by molar-refractivity contribution is 5.27. The Labute approximate surface area is 74.5 Å². The van der Waals surface area contributed by atoms with Gasteiger partial charge in [-0.2, -0.15) is 0 Å². The van der Waals surface area contributed by atoms with Crippen LogP contribution < -0.4 is 4.74 Å². The van der Waals surface area contributed by atoms with Crippen LogP contribution in [0, 0.1) is 10.1 Å². The zero-order valence-corrected chi connectivity index (χ0v) is 6.84. The average molecular weight is 180 g/mol. The lowest BCUT2D eigenvalue weighted by Crippen LogP contribution is -1.97. The van der Waals surface area contributed by atoms with Gasteiger partial charge in [-0.15, -0.1) is 0 Å². The second kappa shape index (κ2) is 3.01. The van der Waals surface area contributed by atoms with Crippen LogP contribution in [0.1, 0.15) is 12.8 Å². The molecule has 0 N–H and O–H groups in total. The number of nitrogens with zero attached hydrogens (tertiary/aromatic N) is 2. The van der Waals surface area contributed by atoms with Crippen molar-refractivity contribution < 1.29 is 9.66 Å². The molecule has 1 heterocycles. The van der Waals surface area contributed by atoms with Crippen LogP contribution in [-0.2, 0) is 0 Å². The van der Waals surface area contributed by atoms with E-state index in [4.69, 9.17) is 4.74 Å². The van der Waals surface area contributed by atoms with E-state index in [0.29, 0.717) is 11.9 Å². The Hall–Kier alpha value is -1.65. The van der Waals surface area contributed by atoms with Crippen LogP contribution in [0.4, 0.5) is 5.82 Å². The highest BCUT2D eigenvalue weighted by atomic mass is 16.6. The molecule has 5 nitrogen and oxygen atoms in total. The SMILES string of the molecule is O=[N+]([O-])c1ccc(OC2CC2)cn1. The van der Waals surface area contributed by atoms with E-state index in [-0.39, 0.29) is 5.82 Å². The quantitative estimate of drug-likeness (QED) is 0.522. The summed E-state index contributed by atoms with van der Waals surface area (Å²) in [6, 6.07) is 2.92. The van der Waals surface area contributed by atoms with Crippen LogP contribution >= 0.6 is 0 Å². The molecule has 1 aliphatic rings. The molecule has 1 aromatic rings. The van der Waals surface area contributed by atoms with E-state index in [1.54, 1.807) is 6.07 Å². The van der Waals surface area contributed by atoms with Gasteiger partial charge < -0.3 is 14.9 Å². The fourth-order valence-corrected chi connectivity index (χ4v) is 0.929. The summed E-state index contributed by atoms with van der Waals surface area (Å²) in [5.74, 6) is 0.455. The van der Waals surface area contributed by atoms with Gasteiger partial charge in [-0.25, -0.2) is 0 Å². The van der Waals surface area contributed by atoms with Crippen LogP contribution in [0.5, 0.6) is 5.75 Å². The molecule has 1 aromatic heterocycles. The van der Waals surface area contributed by atoms with Crippen LogP contribution in [0.15, 0.2) is 18.3 Å². The van der Waals surface area contributed by atoms with Crippen LogP contribution in [0.3, 0.4) is 0 Å². The molecule has 0 amide bonds. The standard InChI is InChI=1S/C8H8N2O3/c11-10(12)8-4-3-7(5-9-8)13-6-1-2-6/h3-6H,1-2H2. The third-order valence-electron chi connectivity index (χ3n) is 1.73. The molecule has 0 unspecified atom stereocenters. The third kappa shape index (κ3) is 1.93. The second-order valence-electron chi connectivity index (χ2n) is 2.93. The summed E-state index contributed by atoms with van der Waals surface area (Å²) in [5.41, 5.74) is 0. The number of aromatic nitrogens is 1. The van der Waals surface area contributed by atoms with Crippen LogP contribution in [0.25, 0.3) is 0 Å². The fraction of sp³-hybridized carbons (Fsp3) is 0.375. The molecule has 1 aliphatic carbocycles. The summed E-state index contributed by atoms with van der Waals surface area (Å²) in [5, 5.41) is 10.2. The highest BCUT2D eigenvalue weighted by Crippen LogP contribution is 2.26. The first-order chi connectivity index (χ1) is 6.25. The molecular weight excluding hydrogens is 172 g/mol. The van der Waals surface area contributed by atoms with E-state index < -0.39 is 4.92 Å². The molecule has 1 fully saturated rings. The molecule has 0 spiro atoms. The van der Waals surface area contributed by atoms with Crippen LogP contribution in [-0.4, -0.2) is 16.0 Å². The second-order valence-corrected chi connectivity index (χ2v) is 2.93. The van der Waals surface area contributed by atoms with Gasteiger partial charge in [0.15, 0.2) is 11.9 Å². The first-order valence-electron chi connectivity index (χ1n) is 4.03. The van der Waals surface area contributed by atoms with E-state index in [2.05, 4.69) is 4.98 Å². The molecule has 0 atom stereocenters. The van der Waals surface area contributed by atoms with Gasteiger partial charge in [0.1, 0.15) is 0 Å². The maximum absolute atomic E-state index is 10.2. The zero-order chi connectivity index (χ0) is 9.26. The Balaban J connectivity index is 2.08. The van der Waals surface area contributed by atoms with E-state index >= 15 is 0 Å². The van der Waals surface area contributed by atoms with E-state index in [9.17, 15) is 10.1 Å². The molecule has 0 aromatic carbocycles. The first kappa shape index (κ1) is 7.97. The minimum Gasteiger partial charge on any atom is -0.486 e. The number of ether oxygens (including phenoxy) is 1.